The molecule has 0 amide bonds. The van der Waals surface area contributed by atoms with Crippen molar-refractivity contribution in [2.45, 2.75) is 18.9 Å². The number of carbonyl (C=O) groups is 1. The standard InChI is InChI=1S/C13H14BrNO4/c14-9-5-8(6-10-12(9)19-7-18-10)11(13(16)17)15-3-1-2-4-15/h5-6,11H,1-4,7H2,(H,16,17). The highest BCUT2D eigenvalue weighted by Crippen LogP contribution is 2.42. The maximum Gasteiger partial charge on any atom is 0.325 e. The number of carboxylic acids is 1. The fourth-order valence-corrected chi connectivity index (χ4v) is 3.23. The van der Waals surface area contributed by atoms with Gasteiger partial charge in [-0.25, -0.2) is 0 Å². The molecule has 0 spiro atoms. The smallest absolute Gasteiger partial charge is 0.325 e. The molecule has 1 N–H and O–H groups in total. The molecular weight excluding hydrogens is 314 g/mol. The summed E-state index contributed by atoms with van der Waals surface area (Å²) < 4.78 is 11.4. The van der Waals surface area contributed by atoms with Crippen LogP contribution in [0, 0.1) is 0 Å². The molecule has 19 heavy (non-hydrogen) atoms. The van der Waals surface area contributed by atoms with E-state index in [9.17, 15) is 9.90 Å². The number of aliphatic carboxylic acids is 1. The van der Waals surface area contributed by atoms with Gasteiger partial charge < -0.3 is 14.6 Å². The van der Waals surface area contributed by atoms with Crippen LogP contribution in [0.15, 0.2) is 16.6 Å². The minimum atomic E-state index is -0.826. The molecule has 0 radical (unpaired) electrons. The Kier molecular flexibility index (Phi) is 3.36. The van der Waals surface area contributed by atoms with Gasteiger partial charge >= 0.3 is 5.97 Å². The van der Waals surface area contributed by atoms with Crippen LogP contribution in [-0.2, 0) is 4.79 Å². The molecule has 1 unspecified atom stereocenters. The minimum Gasteiger partial charge on any atom is -0.480 e. The van der Waals surface area contributed by atoms with E-state index in [0.717, 1.165) is 36.0 Å². The van der Waals surface area contributed by atoms with Crippen molar-refractivity contribution in [2.75, 3.05) is 19.9 Å². The summed E-state index contributed by atoms with van der Waals surface area (Å²) in [6.07, 6.45) is 2.10. The average Bonchev–Trinajstić information content (AvgIpc) is 2.99. The average molecular weight is 328 g/mol. The van der Waals surface area contributed by atoms with Crippen LogP contribution < -0.4 is 9.47 Å². The Balaban J connectivity index is 1.98. The normalized spacial score (nSPS) is 19.6. The maximum absolute atomic E-state index is 11.6. The Bertz CT molecular complexity index is 514. The van der Waals surface area contributed by atoms with E-state index in [1.165, 1.54) is 0 Å². The number of nitrogens with zero attached hydrogens (tertiary/aromatic N) is 1. The molecule has 6 heteroatoms. The zero-order valence-corrected chi connectivity index (χ0v) is 11.9. The van der Waals surface area contributed by atoms with Crippen LogP contribution in [-0.4, -0.2) is 35.9 Å². The van der Waals surface area contributed by atoms with E-state index in [2.05, 4.69) is 15.9 Å². The minimum absolute atomic E-state index is 0.179. The second-order valence-electron chi connectivity index (χ2n) is 4.72. The first-order valence-corrected chi connectivity index (χ1v) is 7.02. The van der Waals surface area contributed by atoms with E-state index in [-0.39, 0.29) is 6.79 Å². The summed E-state index contributed by atoms with van der Waals surface area (Å²) in [6.45, 7) is 1.82. The fraction of sp³-hybridized carbons (Fsp3) is 0.462. The van der Waals surface area contributed by atoms with Crippen molar-refractivity contribution in [1.82, 2.24) is 4.90 Å². The third-order valence-electron chi connectivity index (χ3n) is 3.51. The molecule has 0 bridgehead atoms. The monoisotopic (exact) mass is 327 g/mol. The number of benzene rings is 1. The molecule has 1 atom stereocenters. The lowest BCUT2D eigenvalue weighted by atomic mass is 10.0. The van der Waals surface area contributed by atoms with Gasteiger partial charge in [0.25, 0.3) is 0 Å². The SMILES string of the molecule is O=C(O)C(c1cc(Br)c2c(c1)OCO2)N1CCCC1. The van der Waals surface area contributed by atoms with Crippen molar-refractivity contribution in [1.29, 1.82) is 0 Å². The summed E-state index contributed by atoms with van der Waals surface area (Å²) >= 11 is 3.41. The van der Waals surface area contributed by atoms with Crippen molar-refractivity contribution >= 4 is 21.9 Å². The zero-order chi connectivity index (χ0) is 13.4. The molecule has 1 saturated heterocycles. The fourth-order valence-electron chi connectivity index (χ4n) is 2.65. The van der Waals surface area contributed by atoms with Gasteiger partial charge in [-0.1, -0.05) is 0 Å². The molecule has 0 aliphatic carbocycles. The molecule has 5 nitrogen and oxygen atoms in total. The molecular formula is C13H14BrNO4. The molecule has 0 saturated carbocycles. The number of fused-ring (bicyclic) bond motifs is 1. The second-order valence-corrected chi connectivity index (χ2v) is 5.57. The third-order valence-corrected chi connectivity index (χ3v) is 4.09. The van der Waals surface area contributed by atoms with E-state index in [1.807, 2.05) is 11.0 Å². The summed E-state index contributed by atoms with van der Waals surface area (Å²) in [6, 6.07) is 2.96. The summed E-state index contributed by atoms with van der Waals surface area (Å²) in [5, 5.41) is 9.50. The summed E-state index contributed by atoms with van der Waals surface area (Å²) in [7, 11) is 0. The number of halogens is 1. The largest absolute Gasteiger partial charge is 0.480 e. The molecule has 2 aliphatic rings. The van der Waals surface area contributed by atoms with E-state index in [1.54, 1.807) is 6.07 Å². The molecule has 0 aromatic heterocycles. The number of hydrogen-bond donors (Lipinski definition) is 1. The third kappa shape index (κ3) is 2.30. The van der Waals surface area contributed by atoms with Crippen LogP contribution in [0.2, 0.25) is 0 Å². The van der Waals surface area contributed by atoms with Gasteiger partial charge in [0, 0.05) is 0 Å². The molecule has 3 rings (SSSR count). The van der Waals surface area contributed by atoms with Gasteiger partial charge in [-0.15, -0.1) is 0 Å². The Labute approximate surface area is 119 Å². The van der Waals surface area contributed by atoms with E-state index in [4.69, 9.17) is 9.47 Å². The first-order valence-electron chi connectivity index (χ1n) is 6.23. The second kappa shape index (κ2) is 5.02. The highest BCUT2D eigenvalue weighted by atomic mass is 79.9. The molecule has 102 valence electrons. The Morgan fingerprint density at radius 1 is 1.32 bits per heavy atom. The van der Waals surface area contributed by atoms with Gasteiger partial charge in [0.1, 0.15) is 6.04 Å². The van der Waals surface area contributed by atoms with E-state index < -0.39 is 12.0 Å². The molecule has 2 heterocycles. The lowest BCUT2D eigenvalue weighted by Crippen LogP contribution is -2.31. The van der Waals surface area contributed by atoms with E-state index >= 15 is 0 Å². The predicted molar refractivity (Wildman–Crippen MR) is 71.4 cm³/mol. The summed E-state index contributed by atoms with van der Waals surface area (Å²) in [5.41, 5.74) is 0.727. The van der Waals surface area contributed by atoms with Gasteiger partial charge in [0.15, 0.2) is 11.5 Å². The Morgan fingerprint density at radius 2 is 2.05 bits per heavy atom. The van der Waals surface area contributed by atoms with Crippen LogP contribution in [0.25, 0.3) is 0 Å². The number of carboxylic acid groups (broad SMARTS) is 1. The van der Waals surface area contributed by atoms with Gasteiger partial charge in [0.05, 0.1) is 4.47 Å². The summed E-state index contributed by atoms with van der Waals surface area (Å²) in [5.74, 6) is 0.428. The van der Waals surface area contributed by atoms with Crippen molar-refractivity contribution in [2.24, 2.45) is 0 Å². The van der Waals surface area contributed by atoms with E-state index in [0.29, 0.717) is 11.5 Å². The molecule has 1 aromatic rings. The van der Waals surface area contributed by atoms with Crippen molar-refractivity contribution in [3.8, 4) is 11.5 Å². The number of rotatable bonds is 3. The summed E-state index contributed by atoms with van der Waals surface area (Å²) in [4.78, 5) is 13.6. The first-order chi connectivity index (χ1) is 9.16. The predicted octanol–water partition coefficient (Wildman–Crippen LogP) is 2.40. The highest BCUT2D eigenvalue weighted by molar-refractivity contribution is 9.10. The van der Waals surface area contributed by atoms with Crippen molar-refractivity contribution < 1.29 is 19.4 Å². The lowest BCUT2D eigenvalue weighted by Gasteiger charge is -2.24. The van der Waals surface area contributed by atoms with Gasteiger partial charge in [-0.3, -0.25) is 9.69 Å². The topological polar surface area (TPSA) is 59.0 Å². The zero-order valence-electron chi connectivity index (χ0n) is 10.3. The molecule has 1 fully saturated rings. The van der Waals surface area contributed by atoms with Gasteiger partial charge in [0.2, 0.25) is 6.79 Å². The lowest BCUT2D eigenvalue weighted by molar-refractivity contribution is -0.143. The van der Waals surface area contributed by atoms with Crippen LogP contribution in [0.4, 0.5) is 0 Å². The molecule has 1 aromatic carbocycles. The number of ether oxygens (including phenoxy) is 2. The Hall–Kier alpha value is -1.27. The highest BCUT2D eigenvalue weighted by Gasteiger charge is 2.31. The van der Waals surface area contributed by atoms with Gasteiger partial charge in [-0.2, -0.15) is 0 Å². The van der Waals surface area contributed by atoms with Crippen LogP contribution >= 0.6 is 15.9 Å². The first kappa shape index (κ1) is 12.7. The van der Waals surface area contributed by atoms with Crippen molar-refractivity contribution in [3.05, 3.63) is 22.2 Å². The number of likely N-dealkylation sites (tertiary alicyclic amines) is 1. The number of hydrogen-bond acceptors (Lipinski definition) is 4. The van der Waals surface area contributed by atoms with Crippen molar-refractivity contribution in [3.63, 3.8) is 0 Å². The van der Waals surface area contributed by atoms with Gasteiger partial charge in [-0.05, 0) is 59.6 Å². The van der Waals surface area contributed by atoms with Crippen LogP contribution in [0.3, 0.4) is 0 Å². The Morgan fingerprint density at radius 3 is 2.74 bits per heavy atom. The van der Waals surface area contributed by atoms with Crippen LogP contribution in [0.5, 0.6) is 11.5 Å². The molecule has 2 aliphatic heterocycles. The quantitative estimate of drug-likeness (QED) is 0.923. The van der Waals surface area contributed by atoms with Crippen LogP contribution in [0.1, 0.15) is 24.4 Å². The maximum atomic E-state index is 11.6.